The van der Waals surface area contributed by atoms with Gasteiger partial charge in [-0.15, -0.1) is 21.8 Å². The number of carbonyl (C=O) groups excluding carboxylic acids is 2. The molecule has 0 fully saturated rings. The summed E-state index contributed by atoms with van der Waals surface area (Å²) in [6.45, 7) is 0. The first-order valence-electron chi connectivity index (χ1n) is 5.65. The molecule has 1 aromatic carbocycles. The van der Waals surface area contributed by atoms with Crippen molar-refractivity contribution in [2.75, 3.05) is 5.88 Å². The van der Waals surface area contributed by atoms with Crippen LogP contribution in [-0.4, -0.2) is 27.9 Å². The molecule has 8 heteroatoms. The maximum absolute atomic E-state index is 11.4. The minimum absolute atomic E-state index is 0.256. The van der Waals surface area contributed by atoms with Crippen molar-refractivity contribution in [3.05, 3.63) is 35.3 Å². The van der Waals surface area contributed by atoms with Crippen molar-refractivity contribution in [2.45, 2.75) is 6.04 Å². The van der Waals surface area contributed by atoms with Crippen molar-refractivity contribution in [3.8, 4) is 10.6 Å². The molecule has 3 N–H and O–H groups in total. The Kier molecular flexibility index (Phi) is 4.65. The highest BCUT2D eigenvalue weighted by Crippen LogP contribution is 2.26. The summed E-state index contributed by atoms with van der Waals surface area (Å²) >= 11 is 6.59. The standard InChI is InChI=1S/C12H11ClN4O2S/c13-6-8(18)15-9(10(14)19)12-17-16-11(20-12)7-4-2-1-3-5-7/h1-5,9H,6H2,(H2,14,19)(H,15,18). The number of carbonyl (C=O) groups is 2. The van der Waals surface area contributed by atoms with Gasteiger partial charge in [0.1, 0.15) is 15.9 Å². The Bertz CT molecular complexity index is 617. The molecule has 0 aliphatic carbocycles. The summed E-state index contributed by atoms with van der Waals surface area (Å²) in [5, 5.41) is 11.3. The van der Waals surface area contributed by atoms with Crippen LogP contribution in [0.25, 0.3) is 10.6 Å². The third kappa shape index (κ3) is 3.31. The lowest BCUT2D eigenvalue weighted by Gasteiger charge is -2.10. The Morgan fingerprint density at radius 1 is 1.30 bits per heavy atom. The Balaban J connectivity index is 2.25. The zero-order valence-electron chi connectivity index (χ0n) is 10.2. The Morgan fingerprint density at radius 2 is 2.00 bits per heavy atom. The topological polar surface area (TPSA) is 98.0 Å². The van der Waals surface area contributed by atoms with Gasteiger partial charge < -0.3 is 11.1 Å². The van der Waals surface area contributed by atoms with Gasteiger partial charge in [-0.3, -0.25) is 9.59 Å². The van der Waals surface area contributed by atoms with Gasteiger partial charge in [-0.1, -0.05) is 41.7 Å². The van der Waals surface area contributed by atoms with Gasteiger partial charge in [0, 0.05) is 5.56 Å². The average molecular weight is 311 g/mol. The second-order valence-corrected chi connectivity index (χ2v) is 5.12. The Labute approximate surface area is 124 Å². The molecule has 0 bridgehead atoms. The predicted octanol–water partition coefficient (Wildman–Crippen LogP) is 1.09. The number of aromatic nitrogens is 2. The van der Waals surface area contributed by atoms with Crippen molar-refractivity contribution in [2.24, 2.45) is 5.73 Å². The van der Waals surface area contributed by atoms with Gasteiger partial charge in [0.05, 0.1) is 0 Å². The number of nitrogens with two attached hydrogens (primary N) is 1. The van der Waals surface area contributed by atoms with E-state index in [-0.39, 0.29) is 5.88 Å². The smallest absolute Gasteiger partial charge is 0.247 e. The number of amides is 2. The molecule has 1 unspecified atom stereocenters. The fourth-order valence-electron chi connectivity index (χ4n) is 1.50. The monoisotopic (exact) mass is 310 g/mol. The summed E-state index contributed by atoms with van der Waals surface area (Å²) in [6, 6.07) is 8.37. The van der Waals surface area contributed by atoms with Crippen LogP contribution < -0.4 is 11.1 Å². The van der Waals surface area contributed by atoms with Gasteiger partial charge in [-0.2, -0.15) is 0 Å². The lowest BCUT2D eigenvalue weighted by molar-refractivity contribution is -0.126. The molecule has 1 heterocycles. The number of halogens is 1. The zero-order valence-corrected chi connectivity index (χ0v) is 11.8. The van der Waals surface area contributed by atoms with E-state index >= 15 is 0 Å². The maximum atomic E-state index is 11.4. The Morgan fingerprint density at radius 3 is 2.60 bits per heavy atom. The highest BCUT2D eigenvalue weighted by molar-refractivity contribution is 7.14. The summed E-state index contributed by atoms with van der Waals surface area (Å²) in [5.41, 5.74) is 6.14. The fraction of sp³-hybridized carbons (Fsp3) is 0.167. The molecule has 2 rings (SSSR count). The van der Waals surface area contributed by atoms with Crippen LogP contribution in [0.15, 0.2) is 30.3 Å². The normalized spacial score (nSPS) is 11.8. The highest BCUT2D eigenvalue weighted by Gasteiger charge is 2.24. The molecule has 0 spiro atoms. The summed E-state index contributed by atoms with van der Waals surface area (Å²) in [6.07, 6.45) is 0. The van der Waals surface area contributed by atoms with Gasteiger partial charge in [-0.25, -0.2) is 0 Å². The van der Waals surface area contributed by atoms with Crippen molar-refractivity contribution in [1.29, 1.82) is 0 Å². The zero-order chi connectivity index (χ0) is 14.5. The van der Waals surface area contributed by atoms with Crippen molar-refractivity contribution in [1.82, 2.24) is 15.5 Å². The summed E-state index contributed by atoms with van der Waals surface area (Å²) in [7, 11) is 0. The average Bonchev–Trinajstić information content (AvgIpc) is 2.94. The van der Waals surface area contributed by atoms with Gasteiger partial charge >= 0.3 is 0 Å². The van der Waals surface area contributed by atoms with E-state index in [2.05, 4.69) is 15.5 Å². The molecular formula is C12H11ClN4O2S. The quantitative estimate of drug-likeness (QED) is 0.808. The number of hydrogen-bond acceptors (Lipinski definition) is 5. The first-order valence-corrected chi connectivity index (χ1v) is 7.00. The first kappa shape index (κ1) is 14.4. The van der Waals surface area contributed by atoms with E-state index in [9.17, 15) is 9.59 Å². The van der Waals surface area contributed by atoms with Crippen LogP contribution in [0.4, 0.5) is 0 Å². The number of rotatable bonds is 5. The van der Waals surface area contributed by atoms with Gasteiger partial charge in [0.25, 0.3) is 0 Å². The number of nitrogens with zero attached hydrogens (tertiary/aromatic N) is 2. The predicted molar refractivity (Wildman–Crippen MR) is 76.1 cm³/mol. The summed E-state index contributed by atoms with van der Waals surface area (Å²) < 4.78 is 0. The van der Waals surface area contributed by atoms with Gasteiger partial charge in [0.15, 0.2) is 6.04 Å². The molecule has 2 aromatic rings. The molecule has 6 nitrogen and oxygen atoms in total. The van der Waals surface area contributed by atoms with Crippen LogP contribution >= 0.6 is 22.9 Å². The molecule has 2 amide bonds. The highest BCUT2D eigenvalue weighted by atomic mass is 35.5. The third-order valence-corrected chi connectivity index (χ3v) is 3.70. The van der Waals surface area contributed by atoms with Crippen LogP contribution in [-0.2, 0) is 9.59 Å². The molecule has 0 saturated heterocycles. The van der Waals surface area contributed by atoms with Gasteiger partial charge in [0.2, 0.25) is 11.8 Å². The SMILES string of the molecule is NC(=O)C(NC(=O)CCl)c1nnc(-c2ccccc2)s1. The minimum atomic E-state index is -1.02. The second-order valence-electron chi connectivity index (χ2n) is 3.85. The first-order chi connectivity index (χ1) is 9.61. The van der Waals surface area contributed by atoms with Crippen molar-refractivity contribution >= 4 is 34.8 Å². The molecule has 1 atom stereocenters. The number of alkyl halides is 1. The van der Waals surface area contributed by atoms with Crippen molar-refractivity contribution < 1.29 is 9.59 Å². The summed E-state index contributed by atoms with van der Waals surface area (Å²) in [5.74, 6) is -1.46. The summed E-state index contributed by atoms with van der Waals surface area (Å²) in [4.78, 5) is 22.7. The number of primary amides is 1. The molecule has 0 aliphatic rings. The van der Waals surface area contributed by atoms with Crippen molar-refractivity contribution in [3.63, 3.8) is 0 Å². The van der Waals surface area contributed by atoms with Crippen LogP contribution in [0.5, 0.6) is 0 Å². The van der Waals surface area contributed by atoms with E-state index in [1.54, 1.807) is 0 Å². The van der Waals surface area contributed by atoms with E-state index in [0.29, 0.717) is 10.0 Å². The van der Waals surface area contributed by atoms with E-state index in [4.69, 9.17) is 17.3 Å². The van der Waals surface area contributed by atoms with Crippen LogP contribution in [0.1, 0.15) is 11.0 Å². The number of hydrogen-bond donors (Lipinski definition) is 2. The maximum Gasteiger partial charge on any atom is 0.247 e. The molecule has 0 aliphatic heterocycles. The molecule has 0 radical (unpaired) electrons. The lowest BCUT2D eigenvalue weighted by atomic mass is 10.2. The molecular weight excluding hydrogens is 300 g/mol. The molecule has 0 saturated carbocycles. The largest absolute Gasteiger partial charge is 0.367 e. The van der Waals surface area contributed by atoms with E-state index < -0.39 is 17.9 Å². The number of benzene rings is 1. The third-order valence-electron chi connectivity index (χ3n) is 2.42. The van der Waals surface area contributed by atoms with E-state index in [1.807, 2.05) is 30.3 Å². The van der Waals surface area contributed by atoms with Crippen LogP contribution in [0.3, 0.4) is 0 Å². The molecule has 20 heavy (non-hydrogen) atoms. The molecule has 1 aromatic heterocycles. The number of nitrogens with one attached hydrogen (secondary N) is 1. The molecule has 104 valence electrons. The Hall–Kier alpha value is -1.99. The lowest BCUT2D eigenvalue weighted by Crippen LogP contribution is -2.38. The van der Waals surface area contributed by atoms with Crippen LogP contribution in [0, 0.1) is 0 Å². The second kappa shape index (κ2) is 6.44. The van der Waals surface area contributed by atoms with E-state index in [1.165, 1.54) is 11.3 Å². The minimum Gasteiger partial charge on any atom is -0.367 e. The van der Waals surface area contributed by atoms with E-state index in [0.717, 1.165) is 5.56 Å². The fourth-order valence-corrected chi connectivity index (χ4v) is 2.49. The van der Waals surface area contributed by atoms with Crippen LogP contribution in [0.2, 0.25) is 0 Å². The van der Waals surface area contributed by atoms with Gasteiger partial charge in [-0.05, 0) is 0 Å².